The Balaban J connectivity index is 1.65. The number of amides is 1. The van der Waals surface area contributed by atoms with Crippen molar-refractivity contribution >= 4 is 28.8 Å². The molecule has 1 aliphatic rings. The summed E-state index contributed by atoms with van der Waals surface area (Å²) in [7, 11) is 1.61. The van der Waals surface area contributed by atoms with Crippen molar-refractivity contribution in [3.05, 3.63) is 95.2 Å². The van der Waals surface area contributed by atoms with Crippen LogP contribution in [0.1, 0.15) is 22.3 Å². The standard InChI is InChI=1S/C27H24N2O4/c1-17-7-12-24-21(13-17)27(26(31)29-24,22-14-28-23-6-4-3-5-20(22)23)25(15-30)33-16-18-8-10-19(32-2)11-9-18/h3-15,25,28H,16H2,1-2H3,(H,29,31). The number of aromatic amines is 1. The van der Waals surface area contributed by atoms with E-state index in [2.05, 4.69) is 10.3 Å². The van der Waals surface area contributed by atoms with Crippen LogP contribution in [0.3, 0.4) is 0 Å². The van der Waals surface area contributed by atoms with Crippen molar-refractivity contribution < 1.29 is 19.1 Å². The van der Waals surface area contributed by atoms with Crippen molar-refractivity contribution in [2.45, 2.75) is 25.0 Å². The molecule has 3 aromatic carbocycles. The Bertz CT molecular complexity index is 1340. The first kappa shape index (κ1) is 21.0. The Morgan fingerprint density at radius 1 is 1.03 bits per heavy atom. The van der Waals surface area contributed by atoms with Crippen LogP contribution in [-0.2, 0) is 26.3 Å². The van der Waals surface area contributed by atoms with Gasteiger partial charge >= 0.3 is 0 Å². The van der Waals surface area contributed by atoms with Crippen LogP contribution in [-0.4, -0.2) is 30.4 Å². The minimum Gasteiger partial charge on any atom is -0.497 e. The summed E-state index contributed by atoms with van der Waals surface area (Å²) in [6.07, 6.45) is 1.51. The number of hydrogen-bond donors (Lipinski definition) is 2. The van der Waals surface area contributed by atoms with Gasteiger partial charge in [0.05, 0.1) is 13.7 Å². The number of ether oxygens (including phenoxy) is 2. The van der Waals surface area contributed by atoms with Gasteiger partial charge in [0.25, 0.3) is 0 Å². The van der Waals surface area contributed by atoms with E-state index in [-0.39, 0.29) is 12.5 Å². The fourth-order valence-electron chi connectivity index (χ4n) is 4.71. The molecule has 0 saturated carbocycles. The first-order valence-corrected chi connectivity index (χ1v) is 10.8. The molecule has 0 bridgehead atoms. The molecule has 4 aromatic rings. The average Bonchev–Trinajstić information content (AvgIpc) is 3.39. The van der Waals surface area contributed by atoms with Gasteiger partial charge in [-0.3, -0.25) is 4.79 Å². The Labute approximate surface area is 191 Å². The highest BCUT2D eigenvalue weighted by molar-refractivity contribution is 6.13. The molecule has 6 heteroatoms. The van der Waals surface area contributed by atoms with E-state index < -0.39 is 11.5 Å². The van der Waals surface area contributed by atoms with Crippen LogP contribution in [0.25, 0.3) is 10.9 Å². The Morgan fingerprint density at radius 2 is 1.82 bits per heavy atom. The maximum Gasteiger partial charge on any atom is 0.242 e. The van der Waals surface area contributed by atoms with Crippen LogP contribution >= 0.6 is 0 Å². The summed E-state index contributed by atoms with van der Waals surface area (Å²) in [6.45, 7) is 2.14. The molecule has 166 valence electrons. The average molecular weight is 440 g/mol. The summed E-state index contributed by atoms with van der Waals surface area (Å²) in [5, 5.41) is 3.87. The van der Waals surface area contributed by atoms with Crippen LogP contribution in [0.2, 0.25) is 0 Å². The first-order chi connectivity index (χ1) is 16.1. The number of hydrogen-bond acceptors (Lipinski definition) is 4. The summed E-state index contributed by atoms with van der Waals surface area (Å²) in [5.74, 6) is 0.459. The second-order valence-corrected chi connectivity index (χ2v) is 8.27. The molecule has 6 nitrogen and oxygen atoms in total. The summed E-state index contributed by atoms with van der Waals surface area (Å²) in [6, 6.07) is 21.0. The molecule has 2 N–H and O–H groups in total. The third-order valence-corrected chi connectivity index (χ3v) is 6.36. The number of aromatic nitrogens is 1. The molecule has 0 fully saturated rings. The molecule has 2 atom stereocenters. The minimum absolute atomic E-state index is 0.173. The zero-order chi connectivity index (χ0) is 23.0. The smallest absolute Gasteiger partial charge is 0.242 e. The number of nitrogens with one attached hydrogen (secondary N) is 2. The lowest BCUT2D eigenvalue weighted by Gasteiger charge is -2.33. The number of aryl methyl sites for hydroxylation is 1. The number of aldehydes is 1. The van der Waals surface area contributed by atoms with Gasteiger partial charge in [0.1, 0.15) is 17.3 Å². The van der Waals surface area contributed by atoms with Crippen LogP contribution in [0.5, 0.6) is 5.75 Å². The molecule has 1 aliphatic heterocycles. The molecule has 1 amide bonds. The molecule has 2 heterocycles. The Morgan fingerprint density at radius 3 is 2.58 bits per heavy atom. The summed E-state index contributed by atoms with van der Waals surface area (Å²) in [4.78, 5) is 29.5. The number of carbonyl (C=O) groups is 2. The highest BCUT2D eigenvalue weighted by atomic mass is 16.5. The van der Waals surface area contributed by atoms with E-state index in [9.17, 15) is 9.59 Å². The van der Waals surface area contributed by atoms with Gasteiger partial charge < -0.3 is 24.6 Å². The monoisotopic (exact) mass is 440 g/mol. The van der Waals surface area contributed by atoms with Gasteiger partial charge in [-0.1, -0.05) is 48.0 Å². The number of H-pyrrole nitrogens is 1. The maximum absolute atomic E-state index is 13.7. The van der Waals surface area contributed by atoms with Gasteiger partial charge in [-0.2, -0.15) is 0 Å². The van der Waals surface area contributed by atoms with E-state index in [1.807, 2.05) is 79.9 Å². The zero-order valence-corrected chi connectivity index (χ0v) is 18.4. The molecule has 2 unspecified atom stereocenters. The minimum atomic E-state index is -1.32. The molecular weight excluding hydrogens is 416 g/mol. The van der Waals surface area contributed by atoms with Crippen molar-refractivity contribution in [1.29, 1.82) is 0 Å². The molecule has 0 radical (unpaired) electrons. The topological polar surface area (TPSA) is 80.4 Å². The van der Waals surface area contributed by atoms with Gasteiger partial charge in [0.2, 0.25) is 5.91 Å². The van der Waals surface area contributed by atoms with Gasteiger partial charge in [0, 0.05) is 28.4 Å². The van der Waals surface area contributed by atoms with E-state index in [0.29, 0.717) is 11.3 Å². The fourth-order valence-corrected chi connectivity index (χ4v) is 4.71. The predicted octanol–water partition coefficient (Wildman–Crippen LogP) is 4.51. The lowest BCUT2D eigenvalue weighted by molar-refractivity contribution is -0.133. The van der Waals surface area contributed by atoms with E-state index in [1.165, 1.54) is 0 Å². The van der Waals surface area contributed by atoms with Crippen molar-refractivity contribution in [1.82, 2.24) is 4.98 Å². The molecule has 33 heavy (non-hydrogen) atoms. The highest BCUT2D eigenvalue weighted by Gasteiger charge is 2.55. The normalized spacial score (nSPS) is 18.1. The Kier molecular flexibility index (Phi) is 5.23. The number of anilines is 1. The van der Waals surface area contributed by atoms with Gasteiger partial charge in [-0.25, -0.2) is 0 Å². The maximum atomic E-state index is 13.7. The summed E-state index contributed by atoms with van der Waals surface area (Å²) < 4.78 is 11.4. The number of carbonyl (C=O) groups excluding carboxylic acids is 2. The Hall–Kier alpha value is -3.90. The van der Waals surface area contributed by atoms with Crippen molar-refractivity contribution in [2.24, 2.45) is 0 Å². The van der Waals surface area contributed by atoms with E-state index in [4.69, 9.17) is 9.47 Å². The van der Waals surface area contributed by atoms with E-state index in [0.717, 1.165) is 39.6 Å². The van der Waals surface area contributed by atoms with Gasteiger partial charge in [0.15, 0.2) is 6.29 Å². The molecule has 0 saturated heterocycles. The third-order valence-electron chi connectivity index (χ3n) is 6.36. The molecule has 0 aliphatic carbocycles. The van der Waals surface area contributed by atoms with Crippen molar-refractivity contribution in [2.75, 3.05) is 12.4 Å². The number of methoxy groups -OCH3 is 1. The summed E-state index contributed by atoms with van der Waals surface area (Å²) in [5.41, 5.74) is 3.58. The summed E-state index contributed by atoms with van der Waals surface area (Å²) >= 11 is 0. The van der Waals surface area contributed by atoms with E-state index >= 15 is 0 Å². The zero-order valence-electron chi connectivity index (χ0n) is 18.4. The van der Waals surface area contributed by atoms with Crippen LogP contribution in [0.15, 0.2) is 72.9 Å². The third kappa shape index (κ3) is 3.31. The van der Waals surface area contributed by atoms with E-state index in [1.54, 1.807) is 7.11 Å². The van der Waals surface area contributed by atoms with Gasteiger partial charge in [-0.15, -0.1) is 0 Å². The predicted molar refractivity (Wildman–Crippen MR) is 127 cm³/mol. The highest BCUT2D eigenvalue weighted by Crippen LogP contribution is 2.48. The number of para-hydroxylation sites is 1. The molecule has 1 aromatic heterocycles. The quantitative estimate of drug-likeness (QED) is 0.415. The second-order valence-electron chi connectivity index (χ2n) is 8.27. The van der Waals surface area contributed by atoms with Crippen molar-refractivity contribution in [3.63, 3.8) is 0 Å². The molecular formula is C27H24N2O4. The first-order valence-electron chi connectivity index (χ1n) is 10.8. The van der Waals surface area contributed by atoms with Gasteiger partial charge in [-0.05, 0) is 42.3 Å². The number of benzene rings is 3. The largest absolute Gasteiger partial charge is 0.497 e. The molecule has 5 rings (SSSR count). The van der Waals surface area contributed by atoms with Crippen LogP contribution < -0.4 is 10.1 Å². The van der Waals surface area contributed by atoms with Crippen LogP contribution in [0.4, 0.5) is 5.69 Å². The van der Waals surface area contributed by atoms with Crippen molar-refractivity contribution in [3.8, 4) is 5.75 Å². The lowest BCUT2D eigenvalue weighted by atomic mass is 9.71. The second kappa shape index (κ2) is 8.22. The number of rotatable bonds is 7. The van der Waals surface area contributed by atoms with Crippen LogP contribution in [0, 0.1) is 6.92 Å². The SMILES string of the molecule is COc1ccc(COC(C=O)C2(c3c[nH]c4ccccc34)C(=O)Nc3ccc(C)cc32)cc1. The molecule has 0 spiro atoms. The lowest BCUT2D eigenvalue weighted by Crippen LogP contribution is -2.48. The number of fused-ring (bicyclic) bond motifs is 2. The fraction of sp³-hybridized carbons (Fsp3) is 0.185.